The lowest BCUT2D eigenvalue weighted by Gasteiger charge is -2.26. The number of aromatic hydroxyl groups is 2. The van der Waals surface area contributed by atoms with Gasteiger partial charge in [-0.1, -0.05) is 24.3 Å². The van der Waals surface area contributed by atoms with E-state index in [1.807, 2.05) is 18.2 Å². The first kappa shape index (κ1) is 17.4. The molecule has 0 fully saturated rings. The monoisotopic (exact) mass is 331 g/mol. The zero-order chi connectivity index (χ0) is 15.7. The van der Waals surface area contributed by atoms with Gasteiger partial charge in [-0.15, -0.1) is 12.4 Å². The first-order valence-corrected chi connectivity index (χ1v) is 7.53. The molecule has 0 unspecified atom stereocenters. The van der Waals surface area contributed by atoms with E-state index < -0.39 is 0 Å². The largest absolute Gasteiger partial charge is 0.508 e. The van der Waals surface area contributed by atoms with E-state index in [9.17, 15) is 10.2 Å². The molecule has 2 aromatic carbocycles. The Hall–Kier alpha value is -1.97. The van der Waals surface area contributed by atoms with Crippen LogP contribution in [0.5, 0.6) is 11.5 Å². The highest BCUT2D eigenvalue weighted by Crippen LogP contribution is 2.40. The van der Waals surface area contributed by atoms with Crippen LogP contribution in [0.3, 0.4) is 0 Å². The van der Waals surface area contributed by atoms with Gasteiger partial charge in [0.25, 0.3) is 0 Å². The van der Waals surface area contributed by atoms with Crippen LogP contribution in [0.15, 0.2) is 48.0 Å². The second-order valence-corrected chi connectivity index (χ2v) is 6.07. The first-order valence-electron chi connectivity index (χ1n) is 7.53. The SMILES string of the molecule is CN(C)CC1=C(c2cccc(O)c2)c2cccc(O)c2CC1.Cl. The summed E-state index contributed by atoms with van der Waals surface area (Å²) >= 11 is 0. The summed E-state index contributed by atoms with van der Waals surface area (Å²) in [5, 5.41) is 20.0. The van der Waals surface area contributed by atoms with Crippen molar-refractivity contribution < 1.29 is 10.2 Å². The normalized spacial score (nSPS) is 13.7. The molecule has 1 aliphatic rings. The zero-order valence-corrected chi connectivity index (χ0v) is 14.2. The second-order valence-electron chi connectivity index (χ2n) is 6.07. The fourth-order valence-electron chi connectivity index (χ4n) is 3.22. The van der Waals surface area contributed by atoms with E-state index in [2.05, 4.69) is 25.1 Å². The standard InChI is InChI=1S/C19H21NO2.ClH/c1-20(2)12-14-9-10-16-17(7-4-8-18(16)22)19(14)13-5-3-6-15(21)11-13;/h3-8,11,21-22H,9-10,12H2,1-2H3;1H. The van der Waals surface area contributed by atoms with Crippen molar-refractivity contribution in [1.82, 2.24) is 4.90 Å². The van der Waals surface area contributed by atoms with Gasteiger partial charge in [0, 0.05) is 12.1 Å². The van der Waals surface area contributed by atoms with Crippen LogP contribution < -0.4 is 0 Å². The van der Waals surface area contributed by atoms with E-state index in [0.717, 1.165) is 41.6 Å². The third kappa shape index (κ3) is 3.52. The molecule has 0 aliphatic heterocycles. The second kappa shape index (κ2) is 7.07. The van der Waals surface area contributed by atoms with E-state index in [4.69, 9.17) is 0 Å². The molecule has 0 saturated heterocycles. The molecule has 2 aromatic rings. The Morgan fingerprint density at radius 3 is 2.43 bits per heavy atom. The van der Waals surface area contributed by atoms with Crippen molar-refractivity contribution in [3.8, 4) is 11.5 Å². The van der Waals surface area contributed by atoms with Gasteiger partial charge in [0.1, 0.15) is 11.5 Å². The number of rotatable bonds is 3. The van der Waals surface area contributed by atoms with Gasteiger partial charge in [-0.05, 0) is 67.4 Å². The average Bonchev–Trinajstić information content (AvgIpc) is 2.46. The molecule has 0 atom stereocenters. The van der Waals surface area contributed by atoms with Crippen LogP contribution >= 0.6 is 12.4 Å². The molecular formula is C19H22ClNO2. The summed E-state index contributed by atoms with van der Waals surface area (Å²) in [4.78, 5) is 2.16. The van der Waals surface area contributed by atoms with Crippen molar-refractivity contribution in [2.24, 2.45) is 0 Å². The lowest BCUT2D eigenvalue weighted by molar-refractivity contribution is 0.437. The number of phenolic OH excluding ortho intramolecular Hbond substituents is 2. The molecular weight excluding hydrogens is 310 g/mol. The zero-order valence-electron chi connectivity index (χ0n) is 13.4. The van der Waals surface area contributed by atoms with Crippen molar-refractivity contribution in [3.05, 3.63) is 64.7 Å². The minimum Gasteiger partial charge on any atom is -0.508 e. The Bertz CT molecular complexity index is 738. The molecule has 0 radical (unpaired) electrons. The Morgan fingerprint density at radius 1 is 1.00 bits per heavy atom. The number of halogens is 1. The van der Waals surface area contributed by atoms with Gasteiger partial charge in [-0.2, -0.15) is 0 Å². The number of phenols is 2. The predicted molar refractivity (Wildman–Crippen MR) is 96.4 cm³/mol. The van der Waals surface area contributed by atoms with Gasteiger partial charge in [0.15, 0.2) is 0 Å². The molecule has 122 valence electrons. The molecule has 1 aliphatic carbocycles. The fourth-order valence-corrected chi connectivity index (χ4v) is 3.22. The van der Waals surface area contributed by atoms with Crippen LogP contribution in [0.25, 0.3) is 5.57 Å². The summed E-state index contributed by atoms with van der Waals surface area (Å²) in [5.41, 5.74) is 5.57. The van der Waals surface area contributed by atoms with E-state index >= 15 is 0 Å². The van der Waals surface area contributed by atoms with E-state index in [1.165, 1.54) is 5.57 Å². The van der Waals surface area contributed by atoms with Gasteiger partial charge in [0.05, 0.1) is 0 Å². The summed E-state index contributed by atoms with van der Waals surface area (Å²) in [6, 6.07) is 13.0. The van der Waals surface area contributed by atoms with Crippen LogP contribution in [0, 0.1) is 0 Å². The van der Waals surface area contributed by atoms with Crippen molar-refractivity contribution in [2.75, 3.05) is 20.6 Å². The van der Waals surface area contributed by atoms with Crippen molar-refractivity contribution in [2.45, 2.75) is 12.8 Å². The third-order valence-corrected chi connectivity index (χ3v) is 4.09. The summed E-state index contributed by atoms with van der Waals surface area (Å²) in [6.45, 7) is 0.875. The minimum absolute atomic E-state index is 0. The van der Waals surface area contributed by atoms with E-state index in [-0.39, 0.29) is 18.2 Å². The van der Waals surface area contributed by atoms with Crippen LogP contribution in [0.2, 0.25) is 0 Å². The molecule has 0 heterocycles. The highest BCUT2D eigenvalue weighted by Gasteiger charge is 2.22. The number of likely N-dealkylation sites (N-methyl/N-ethyl adjacent to an activating group) is 1. The van der Waals surface area contributed by atoms with Gasteiger partial charge < -0.3 is 15.1 Å². The number of hydrogen-bond acceptors (Lipinski definition) is 3. The Kier molecular flexibility index (Phi) is 5.34. The van der Waals surface area contributed by atoms with E-state index in [0.29, 0.717) is 5.75 Å². The van der Waals surface area contributed by atoms with Crippen molar-refractivity contribution in [1.29, 1.82) is 0 Å². The molecule has 3 rings (SSSR count). The molecule has 2 N–H and O–H groups in total. The molecule has 0 saturated carbocycles. The topological polar surface area (TPSA) is 43.7 Å². The molecule has 4 heteroatoms. The molecule has 23 heavy (non-hydrogen) atoms. The van der Waals surface area contributed by atoms with Crippen LogP contribution in [-0.2, 0) is 6.42 Å². The Labute approximate surface area is 143 Å². The lowest BCUT2D eigenvalue weighted by Crippen LogP contribution is -2.19. The number of hydrogen-bond donors (Lipinski definition) is 2. The molecule has 3 nitrogen and oxygen atoms in total. The van der Waals surface area contributed by atoms with Crippen LogP contribution in [0.4, 0.5) is 0 Å². The number of fused-ring (bicyclic) bond motifs is 1. The highest BCUT2D eigenvalue weighted by molar-refractivity contribution is 5.86. The number of nitrogens with zero attached hydrogens (tertiary/aromatic N) is 1. The minimum atomic E-state index is 0. The Balaban J connectivity index is 0.00000192. The molecule has 0 amide bonds. The number of benzene rings is 2. The maximum atomic E-state index is 10.2. The highest BCUT2D eigenvalue weighted by atomic mass is 35.5. The Morgan fingerprint density at radius 2 is 1.74 bits per heavy atom. The quantitative estimate of drug-likeness (QED) is 0.898. The maximum Gasteiger partial charge on any atom is 0.119 e. The van der Waals surface area contributed by atoms with Gasteiger partial charge in [-0.25, -0.2) is 0 Å². The van der Waals surface area contributed by atoms with Crippen molar-refractivity contribution >= 4 is 18.0 Å². The third-order valence-electron chi connectivity index (χ3n) is 4.09. The van der Waals surface area contributed by atoms with Gasteiger partial charge in [-0.3, -0.25) is 0 Å². The average molecular weight is 332 g/mol. The summed E-state index contributed by atoms with van der Waals surface area (Å²) < 4.78 is 0. The maximum absolute atomic E-state index is 10.2. The van der Waals surface area contributed by atoms with Crippen LogP contribution in [0.1, 0.15) is 23.1 Å². The van der Waals surface area contributed by atoms with Gasteiger partial charge in [0.2, 0.25) is 0 Å². The molecule has 0 spiro atoms. The van der Waals surface area contributed by atoms with Crippen LogP contribution in [-0.4, -0.2) is 35.8 Å². The summed E-state index contributed by atoms with van der Waals surface area (Å²) in [7, 11) is 4.12. The van der Waals surface area contributed by atoms with Crippen molar-refractivity contribution in [3.63, 3.8) is 0 Å². The van der Waals surface area contributed by atoms with E-state index in [1.54, 1.807) is 18.2 Å². The first-order chi connectivity index (χ1) is 10.6. The molecule has 0 aromatic heterocycles. The fraction of sp³-hybridized carbons (Fsp3) is 0.263. The predicted octanol–water partition coefficient (Wildman–Crippen LogP) is 3.83. The summed E-state index contributed by atoms with van der Waals surface area (Å²) in [6.07, 6.45) is 1.78. The van der Waals surface area contributed by atoms with Gasteiger partial charge >= 0.3 is 0 Å². The molecule has 0 bridgehead atoms. The summed E-state index contributed by atoms with van der Waals surface area (Å²) in [5.74, 6) is 0.625. The smallest absolute Gasteiger partial charge is 0.119 e. The lowest BCUT2D eigenvalue weighted by atomic mass is 9.81.